The summed E-state index contributed by atoms with van der Waals surface area (Å²) in [7, 11) is 1.68. The van der Waals surface area contributed by atoms with E-state index in [1.165, 1.54) is 5.56 Å². The topological polar surface area (TPSA) is 34.1 Å². The van der Waals surface area contributed by atoms with Crippen LogP contribution in [0.1, 0.15) is 29.2 Å². The summed E-state index contributed by atoms with van der Waals surface area (Å²) >= 11 is 1.68. The van der Waals surface area contributed by atoms with Crippen molar-refractivity contribution in [3.63, 3.8) is 0 Å². The fourth-order valence-electron chi connectivity index (χ4n) is 1.81. The molecule has 0 bridgehead atoms. The smallest absolute Gasteiger partial charge is 0.119 e. The summed E-state index contributed by atoms with van der Waals surface area (Å²) in [6, 6.07) is 6.25. The van der Waals surface area contributed by atoms with Gasteiger partial charge >= 0.3 is 0 Å². The molecule has 2 aromatic rings. The highest BCUT2D eigenvalue weighted by Gasteiger charge is 2.10. The number of aromatic nitrogens is 1. The average Bonchev–Trinajstić information content (AvgIpc) is 2.78. The number of rotatable bonds is 4. The quantitative estimate of drug-likeness (QED) is 0.906. The van der Waals surface area contributed by atoms with Crippen molar-refractivity contribution in [2.24, 2.45) is 0 Å². The van der Waals surface area contributed by atoms with Crippen LogP contribution in [0.2, 0.25) is 0 Å². The zero-order valence-electron chi connectivity index (χ0n) is 11.2. The van der Waals surface area contributed by atoms with Gasteiger partial charge in [-0.2, -0.15) is 0 Å². The average molecular weight is 262 g/mol. The number of hydrogen-bond acceptors (Lipinski definition) is 4. The number of anilines is 1. The molecule has 0 radical (unpaired) electrons. The van der Waals surface area contributed by atoms with Crippen molar-refractivity contribution in [1.82, 2.24) is 4.98 Å². The second-order valence-corrected chi connectivity index (χ2v) is 5.40. The maximum Gasteiger partial charge on any atom is 0.119 e. The largest absolute Gasteiger partial charge is 0.497 e. The predicted octanol–water partition coefficient (Wildman–Crippen LogP) is 3.94. The summed E-state index contributed by atoms with van der Waals surface area (Å²) < 4.78 is 5.20. The van der Waals surface area contributed by atoms with Crippen LogP contribution in [0.4, 0.5) is 5.69 Å². The van der Waals surface area contributed by atoms with Crippen LogP contribution in [0.15, 0.2) is 23.6 Å². The Morgan fingerprint density at radius 1 is 1.33 bits per heavy atom. The van der Waals surface area contributed by atoms with Crippen LogP contribution in [0.5, 0.6) is 5.75 Å². The lowest BCUT2D eigenvalue weighted by Gasteiger charge is -2.16. The van der Waals surface area contributed by atoms with Crippen LogP contribution in [0, 0.1) is 13.8 Å². The zero-order chi connectivity index (χ0) is 13.1. The third-order valence-corrected chi connectivity index (χ3v) is 3.68. The molecule has 0 saturated heterocycles. The number of benzene rings is 1. The van der Waals surface area contributed by atoms with E-state index in [1.54, 1.807) is 18.4 Å². The number of aryl methyl sites for hydroxylation is 2. The van der Waals surface area contributed by atoms with Crippen molar-refractivity contribution < 1.29 is 4.74 Å². The van der Waals surface area contributed by atoms with E-state index in [9.17, 15) is 0 Å². The number of nitrogens with one attached hydrogen (secondary N) is 1. The minimum atomic E-state index is 0.210. The maximum atomic E-state index is 5.20. The number of ether oxygens (including phenoxy) is 1. The number of methoxy groups -OCH3 is 1. The zero-order valence-corrected chi connectivity index (χ0v) is 12.0. The van der Waals surface area contributed by atoms with Gasteiger partial charge in [-0.25, -0.2) is 4.98 Å². The van der Waals surface area contributed by atoms with Gasteiger partial charge in [0.25, 0.3) is 0 Å². The van der Waals surface area contributed by atoms with Crippen LogP contribution in [0.3, 0.4) is 0 Å². The van der Waals surface area contributed by atoms with Gasteiger partial charge in [0, 0.05) is 11.1 Å². The van der Waals surface area contributed by atoms with Crippen molar-refractivity contribution >= 4 is 17.0 Å². The molecule has 1 N–H and O–H groups in total. The summed E-state index contributed by atoms with van der Waals surface area (Å²) in [5, 5.41) is 6.68. The summed E-state index contributed by atoms with van der Waals surface area (Å²) in [6.07, 6.45) is 0. The lowest BCUT2D eigenvalue weighted by Crippen LogP contribution is -2.08. The second-order valence-electron chi connectivity index (χ2n) is 4.34. The van der Waals surface area contributed by atoms with E-state index < -0.39 is 0 Å². The highest BCUT2D eigenvalue weighted by Crippen LogP contribution is 2.25. The van der Waals surface area contributed by atoms with Gasteiger partial charge in [-0.15, -0.1) is 11.3 Å². The maximum absolute atomic E-state index is 5.20. The number of thiazole rings is 1. The molecule has 2 rings (SSSR count). The van der Waals surface area contributed by atoms with Gasteiger partial charge < -0.3 is 10.1 Å². The Labute approximate surface area is 112 Å². The van der Waals surface area contributed by atoms with Gasteiger partial charge in [0.05, 0.1) is 23.9 Å². The van der Waals surface area contributed by atoms with Gasteiger partial charge in [-0.3, -0.25) is 0 Å². The lowest BCUT2D eigenvalue weighted by molar-refractivity contribution is 0.414. The molecule has 0 aliphatic heterocycles. The third kappa shape index (κ3) is 2.82. The van der Waals surface area contributed by atoms with Crippen LogP contribution in [-0.2, 0) is 0 Å². The minimum absolute atomic E-state index is 0.210. The molecular formula is C14H18N2OS. The molecule has 0 amide bonds. The summed E-state index contributed by atoms with van der Waals surface area (Å²) in [5.41, 5.74) is 3.38. The van der Waals surface area contributed by atoms with E-state index in [0.29, 0.717) is 0 Å². The first kappa shape index (κ1) is 12.9. The van der Waals surface area contributed by atoms with Gasteiger partial charge in [-0.05, 0) is 44.5 Å². The molecule has 18 heavy (non-hydrogen) atoms. The van der Waals surface area contributed by atoms with Crippen molar-refractivity contribution in [2.75, 3.05) is 12.4 Å². The van der Waals surface area contributed by atoms with E-state index in [4.69, 9.17) is 4.74 Å². The monoisotopic (exact) mass is 262 g/mol. The molecule has 0 saturated carbocycles. The van der Waals surface area contributed by atoms with Crippen molar-refractivity contribution in [3.05, 3.63) is 39.8 Å². The summed E-state index contributed by atoms with van der Waals surface area (Å²) in [4.78, 5) is 4.50. The molecule has 1 atom stereocenters. The molecule has 1 unspecified atom stereocenters. The van der Waals surface area contributed by atoms with Gasteiger partial charge in [0.1, 0.15) is 5.75 Å². The molecule has 0 fully saturated rings. The van der Waals surface area contributed by atoms with E-state index in [2.05, 4.69) is 29.5 Å². The number of hydrogen-bond donors (Lipinski definition) is 1. The van der Waals surface area contributed by atoms with E-state index in [1.807, 2.05) is 25.1 Å². The Morgan fingerprint density at radius 2 is 2.11 bits per heavy atom. The highest BCUT2D eigenvalue weighted by atomic mass is 32.1. The molecule has 4 heteroatoms. The molecule has 1 aromatic carbocycles. The fourth-order valence-corrected chi connectivity index (χ4v) is 2.52. The predicted molar refractivity (Wildman–Crippen MR) is 76.6 cm³/mol. The molecule has 0 aliphatic rings. The van der Waals surface area contributed by atoms with Crippen molar-refractivity contribution in [3.8, 4) is 5.75 Å². The Kier molecular flexibility index (Phi) is 3.87. The Hall–Kier alpha value is -1.55. The lowest BCUT2D eigenvalue weighted by atomic mass is 10.1. The summed E-state index contributed by atoms with van der Waals surface area (Å²) in [6.45, 7) is 6.22. The van der Waals surface area contributed by atoms with E-state index >= 15 is 0 Å². The first-order chi connectivity index (χ1) is 8.60. The molecular weight excluding hydrogens is 244 g/mol. The molecule has 1 heterocycles. The first-order valence-electron chi connectivity index (χ1n) is 5.93. The SMILES string of the molecule is COc1ccc(NC(C)c2csc(C)n2)c(C)c1. The van der Waals surface area contributed by atoms with Crippen molar-refractivity contribution in [1.29, 1.82) is 0 Å². The molecule has 0 spiro atoms. The Balaban J connectivity index is 2.14. The molecule has 96 valence electrons. The van der Waals surface area contributed by atoms with Crippen LogP contribution in [0.25, 0.3) is 0 Å². The van der Waals surface area contributed by atoms with Gasteiger partial charge in [0.2, 0.25) is 0 Å². The van der Waals surface area contributed by atoms with E-state index in [-0.39, 0.29) is 6.04 Å². The first-order valence-corrected chi connectivity index (χ1v) is 6.81. The Morgan fingerprint density at radius 3 is 2.67 bits per heavy atom. The third-order valence-electron chi connectivity index (χ3n) is 2.89. The van der Waals surface area contributed by atoms with Crippen LogP contribution >= 0.6 is 11.3 Å². The second kappa shape index (κ2) is 5.40. The van der Waals surface area contributed by atoms with Gasteiger partial charge in [-0.1, -0.05) is 0 Å². The van der Waals surface area contributed by atoms with Crippen LogP contribution in [-0.4, -0.2) is 12.1 Å². The standard InChI is InChI=1S/C14H18N2OS/c1-9-7-12(17-4)5-6-13(9)15-10(2)14-8-18-11(3)16-14/h5-8,10,15H,1-4H3. The molecule has 3 nitrogen and oxygen atoms in total. The summed E-state index contributed by atoms with van der Waals surface area (Å²) in [5.74, 6) is 0.884. The fraction of sp³-hybridized carbons (Fsp3) is 0.357. The molecule has 1 aromatic heterocycles. The van der Waals surface area contributed by atoms with Gasteiger partial charge in [0.15, 0.2) is 0 Å². The molecule has 0 aliphatic carbocycles. The normalized spacial score (nSPS) is 12.2. The van der Waals surface area contributed by atoms with E-state index in [0.717, 1.165) is 22.1 Å². The highest BCUT2D eigenvalue weighted by molar-refractivity contribution is 7.09. The van der Waals surface area contributed by atoms with Crippen LogP contribution < -0.4 is 10.1 Å². The minimum Gasteiger partial charge on any atom is -0.497 e. The Bertz CT molecular complexity index is 536. The number of nitrogens with zero attached hydrogens (tertiary/aromatic N) is 1. The van der Waals surface area contributed by atoms with Crippen molar-refractivity contribution in [2.45, 2.75) is 26.8 Å².